The topological polar surface area (TPSA) is 85.7 Å². The zero-order chi connectivity index (χ0) is 18.3. The molecule has 6 nitrogen and oxygen atoms in total. The Kier molecular flexibility index (Phi) is 3.82. The summed E-state index contributed by atoms with van der Waals surface area (Å²) in [5.41, 5.74) is 2.25. The van der Waals surface area contributed by atoms with E-state index in [-0.39, 0.29) is 11.4 Å². The summed E-state index contributed by atoms with van der Waals surface area (Å²) in [6, 6.07) is 17.6. The van der Waals surface area contributed by atoms with Crippen molar-refractivity contribution in [2.24, 2.45) is 0 Å². The van der Waals surface area contributed by atoms with E-state index in [1.165, 1.54) is 19.2 Å². The Morgan fingerprint density at radius 2 is 1.69 bits per heavy atom. The van der Waals surface area contributed by atoms with Gasteiger partial charge < -0.3 is 14.3 Å². The first-order chi connectivity index (χ1) is 12.6. The van der Waals surface area contributed by atoms with Crippen LogP contribution in [0.1, 0.15) is 17.2 Å². The van der Waals surface area contributed by atoms with Crippen LogP contribution in [0.2, 0.25) is 0 Å². The average molecular weight is 349 g/mol. The van der Waals surface area contributed by atoms with Gasteiger partial charge in [0.05, 0.1) is 12.0 Å². The maximum Gasteiger partial charge on any atom is 0.311 e. The van der Waals surface area contributed by atoms with Gasteiger partial charge >= 0.3 is 5.69 Å². The van der Waals surface area contributed by atoms with E-state index in [9.17, 15) is 15.2 Å². The van der Waals surface area contributed by atoms with Crippen molar-refractivity contribution in [3.8, 4) is 5.75 Å². The highest BCUT2D eigenvalue weighted by molar-refractivity contribution is 6.04. The molecule has 0 unspecified atom stereocenters. The molecular weight excluding hydrogens is 334 g/mol. The van der Waals surface area contributed by atoms with Crippen LogP contribution in [0.3, 0.4) is 0 Å². The van der Waals surface area contributed by atoms with Crippen molar-refractivity contribution in [3.05, 3.63) is 81.9 Å². The monoisotopic (exact) mass is 349 g/mol. The van der Waals surface area contributed by atoms with Crippen molar-refractivity contribution in [2.75, 3.05) is 7.11 Å². The quantitative estimate of drug-likeness (QED) is 0.430. The van der Waals surface area contributed by atoms with E-state index in [4.69, 9.17) is 9.15 Å². The minimum Gasteiger partial charge on any atom is -0.490 e. The number of fused-ring (bicyclic) bond motifs is 3. The summed E-state index contributed by atoms with van der Waals surface area (Å²) in [5.74, 6) is 0.152. The number of nitro groups is 1. The van der Waals surface area contributed by atoms with Crippen molar-refractivity contribution in [2.45, 2.75) is 6.10 Å². The first kappa shape index (κ1) is 16.1. The fraction of sp³-hybridized carbons (Fsp3) is 0.100. The third kappa shape index (κ3) is 2.57. The number of methoxy groups -OCH3 is 1. The third-order valence-electron chi connectivity index (χ3n) is 4.43. The summed E-state index contributed by atoms with van der Waals surface area (Å²) < 4.78 is 10.8. The summed E-state index contributed by atoms with van der Waals surface area (Å²) in [6.07, 6.45) is -1.02. The number of ether oxygens (including phenoxy) is 1. The lowest BCUT2D eigenvalue weighted by atomic mass is 9.99. The summed E-state index contributed by atoms with van der Waals surface area (Å²) >= 11 is 0. The number of hydrogen-bond acceptors (Lipinski definition) is 5. The van der Waals surface area contributed by atoms with Gasteiger partial charge in [-0.1, -0.05) is 36.4 Å². The number of nitrogens with zero attached hydrogens (tertiary/aromatic N) is 1. The molecule has 1 atom stereocenters. The second-order valence-corrected chi connectivity index (χ2v) is 5.94. The molecule has 0 amide bonds. The van der Waals surface area contributed by atoms with E-state index in [1.807, 2.05) is 30.3 Å². The van der Waals surface area contributed by atoms with E-state index in [2.05, 4.69) is 0 Å². The Balaban J connectivity index is 1.78. The Hall–Kier alpha value is -3.38. The lowest BCUT2D eigenvalue weighted by Gasteiger charge is -2.12. The zero-order valence-electron chi connectivity index (χ0n) is 13.9. The molecule has 26 heavy (non-hydrogen) atoms. The molecule has 0 saturated carbocycles. The van der Waals surface area contributed by atoms with Gasteiger partial charge in [0.1, 0.15) is 17.3 Å². The maximum atomic E-state index is 11.2. The van der Waals surface area contributed by atoms with Gasteiger partial charge in [0.15, 0.2) is 5.75 Å². The number of furan rings is 1. The summed E-state index contributed by atoms with van der Waals surface area (Å²) in [5, 5.41) is 23.8. The van der Waals surface area contributed by atoms with Gasteiger partial charge in [-0.2, -0.15) is 0 Å². The molecule has 0 bridgehead atoms. The smallest absolute Gasteiger partial charge is 0.311 e. The van der Waals surface area contributed by atoms with Gasteiger partial charge in [0.25, 0.3) is 0 Å². The Morgan fingerprint density at radius 1 is 1.00 bits per heavy atom. The van der Waals surface area contributed by atoms with Crippen LogP contribution in [0.4, 0.5) is 5.69 Å². The van der Waals surface area contributed by atoms with Crippen molar-refractivity contribution in [3.63, 3.8) is 0 Å². The molecule has 4 aromatic rings. The van der Waals surface area contributed by atoms with Gasteiger partial charge in [-0.15, -0.1) is 0 Å². The minimum atomic E-state index is -1.02. The molecule has 1 heterocycles. The van der Waals surface area contributed by atoms with E-state index < -0.39 is 11.0 Å². The lowest BCUT2D eigenvalue weighted by molar-refractivity contribution is -0.385. The fourth-order valence-electron chi connectivity index (χ4n) is 3.12. The van der Waals surface area contributed by atoms with Crippen LogP contribution in [-0.2, 0) is 0 Å². The molecule has 0 aliphatic carbocycles. The highest BCUT2D eigenvalue weighted by Crippen LogP contribution is 2.34. The summed E-state index contributed by atoms with van der Waals surface area (Å²) in [6.45, 7) is 0. The van der Waals surface area contributed by atoms with Crippen LogP contribution in [0.15, 0.2) is 65.1 Å². The normalized spacial score (nSPS) is 12.4. The summed E-state index contributed by atoms with van der Waals surface area (Å²) in [7, 11) is 1.37. The van der Waals surface area contributed by atoms with Gasteiger partial charge in [-0.3, -0.25) is 10.1 Å². The minimum absolute atomic E-state index is 0.152. The predicted octanol–water partition coefficient (Wildman–Crippen LogP) is 4.58. The van der Waals surface area contributed by atoms with Crippen LogP contribution < -0.4 is 4.74 Å². The van der Waals surface area contributed by atoms with Crippen LogP contribution in [-0.4, -0.2) is 17.1 Å². The molecule has 0 aliphatic rings. The Bertz CT molecular complexity index is 1130. The molecule has 130 valence electrons. The Labute approximate surface area is 148 Å². The third-order valence-corrected chi connectivity index (χ3v) is 4.43. The summed E-state index contributed by atoms with van der Waals surface area (Å²) in [4.78, 5) is 10.7. The molecule has 6 heteroatoms. The number of aliphatic hydroxyl groups excluding tert-OH is 1. The average Bonchev–Trinajstić information content (AvgIpc) is 3.04. The van der Waals surface area contributed by atoms with Gasteiger partial charge in [0, 0.05) is 16.8 Å². The van der Waals surface area contributed by atoms with Crippen molar-refractivity contribution in [1.82, 2.24) is 0 Å². The van der Waals surface area contributed by atoms with Crippen molar-refractivity contribution in [1.29, 1.82) is 0 Å². The standard InChI is InChI=1S/C20H15NO5/c1-25-18-9-7-12(10-16(18)21(23)24)20(22)13-6-8-15-14-4-2-3-5-17(14)26-19(15)11-13/h2-11,20,22H,1H3/t20-/m1/s1. The molecule has 1 aromatic heterocycles. The SMILES string of the molecule is COc1ccc([C@@H](O)c2ccc3c(c2)oc2ccccc23)cc1[N+](=O)[O-]. The largest absolute Gasteiger partial charge is 0.490 e. The predicted molar refractivity (Wildman–Crippen MR) is 97.4 cm³/mol. The number of para-hydroxylation sites is 1. The number of nitro benzene ring substituents is 1. The highest BCUT2D eigenvalue weighted by Gasteiger charge is 2.20. The fourth-order valence-corrected chi connectivity index (χ4v) is 3.12. The molecule has 1 N–H and O–H groups in total. The van der Waals surface area contributed by atoms with Crippen LogP contribution in [0.25, 0.3) is 21.9 Å². The number of aliphatic hydroxyl groups is 1. The van der Waals surface area contributed by atoms with E-state index in [0.29, 0.717) is 16.7 Å². The molecule has 0 radical (unpaired) electrons. The lowest BCUT2D eigenvalue weighted by Crippen LogP contribution is -2.02. The number of hydrogen-bond donors (Lipinski definition) is 1. The number of rotatable bonds is 4. The van der Waals surface area contributed by atoms with E-state index in [0.717, 1.165) is 16.4 Å². The molecule has 4 rings (SSSR count). The molecule has 0 saturated heterocycles. The number of benzene rings is 3. The van der Waals surface area contributed by atoms with Crippen LogP contribution in [0.5, 0.6) is 5.75 Å². The zero-order valence-corrected chi connectivity index (χ0v) is 13.9. The van der Waals surface area contributed by atoms with Gasteiger partial charge in [0.2, 0.25) is 0 Å². The molecule has 3 aromatic carbocycles. The van der Waals surface area contributed by atoms with Crippen LogP contribution in [0, 0.1) is 10.1 Å². The second kappa shape index (κ2) is 6.16. The van der Waals surface area contributed by atoms with Gasteiger partial charge in [-0.25, -0.2) is 0 Å². The van der Waals surface area contributed by atoms with Crippen LogP contribution >= 0.6 is 0 Å². The molecular formula is C20H15NO5. The van der Waals surface area contributed by atoms with Crippen molar-refractivity contribution >= 4 is 27.6 Å². The second-order valence-electron chi connectivity index (χ2n) is 5.94. The molecule has 0 aliphatic heterocycles. The first-order valence-corrected chi connectivity index (χ1v) is 8.00. The van der Waals surface area contributed by atoms with E-state index in [1.54, 1.807) is 18.2 Å². The Morgan fingerprint density at radius 3 is 2.46 bits per heavy atom. The molecule has 0 spiro atoms. The highest BCUT2D eigenvalue weighted by atomic mass is 16.6. The van der Waals surface area contributed by atoms with E-state index >= 15 is 0 Å². The molecule has 0 fully saturated rings. The first-order valence-electron chi connectivity index (χ1n) is 8.00. The maximum absolute atomic E-state index is 11.2. The van der Waals surface area contributed by atoms with Gasteiger partial charge in [-0.05, 0) is 29.3 Å². The van der Waals surface area contributed by atoms with Crippen molar-refractivity contribution < 1.29 is 19.2 Å².